The minimum atomic E-state index is -0.465. The molecule has 1 rings (SSSR count). The summed E-state index contributed by atoms with van der Waals surface area (Å²) >= 11 is 0. The molecule has 122 valence electrons. The van der Waals surface area contributed by atoms with Crippen LogP contribution in [0.15, 0.2) is 30.3 Å². The predicted octanol–water partition coefficient (Wildman–Crippen LogP) is 2.38. The van der Waals surface area contributed by atoms with Crippen LogP contribution in [0, 0.1) is 0 Å². The van der Waals surface area contributed by atoms with Crippen molar-refractivity contribution in [2.24, 2.45) is 5.73 Å². The lowest BCUT2D eigenvalue weighted by Crippen LogP contribution is -2.43. The predicted molar refractivity (Wildman–Crippen MR) is 93.3 cm³/mol. The third kappa shape index (κ3) is 7.14. The van der Waals surface area contributed by atoms with Gasteiger partial charge >= 0.3 is 0 Å². The summed E-state index contributed by atoms with van der Waals surface area (Å²) in [5.41, 5.74) is 6.79. The van der Waals surface area contributed by atoms with Gasteiger partial charge in [-0.15, -0.1) is 24.8 Å². The average Bonchev–Trinajstić information content (AvgIpc) is 2.43. The second-order valence-electron chi connectivity index (χ2n) is 4.68. The summed E-state index contributed by atoms with van der Waals surface area (Å²) in [7, 11) is 0. The Morgan fingerprint density at radius 2 is 1.71 bits per heavy atom. The van der Waals surface area contributed by atoms with Crippen LogP contribution in [0.25, 0.3) is 0 Å². The van der Waals surface area contributed by atoms with Gasteiger partial charge in [-0.05, 0) is 25.6 Å². The lowest BCUT2D eigenvalue weighted by molar-refractivity contribution is -0.122. The van der Waals surface area contributed by atoms with Crippen LogP contribution in [0.5, 0.6) is 0 Å². The zero-order valence-corrected chi connectivity index (χ0v) is 14.5. The Hall–Kier alpha value is -0.810. The van der Waals surface area contributed by atoms with E-state index in [1.807, 2.05) is 18.2 Å². The minimum Gasteiger partial charge on any atom is -0.353 e. The number of nitrogens with zero attached hydrogens (tertiary/aromatic N) is 1. The van der Waals surface area contributed by atoms with Crippen molar-refractivity contribution in [1.29, 1.82) is 0 Å². The van der Waals surface area contributed by atoms with Crippen molar-refractivity contribution in [1.82, 2.24) is 10.2 Å². The van der Waals surface area contributed by atoms with Crippen molar-refractivity contribution < 1.29 is 4.79 Å². The molecule has 3 N–H and O–H groups in total. The van der Waals surface area contributed by atoms with Crippen molar-refractivity contribution in [3.05, 3.63) is 35.9 Å². The number of rotatable bonds is 7. The summed E-state index contributed by atoms with van der Waals surface area (Å²) in [6.45, 7) is 8.45. The molecule has 0 aromatic heterocycles. The molecular weight excluding hydrogens is 309 g/mol. The van der Waals surface area contributed by atoms with Crippen molar-refractivity contribution in [3.8, 4) is 0 Å². The number of amides is 1. The Labute approximate surface area is 140 Å². The summed E-state index contributed by atoms with van der Waals surface area (Å²) in [5.74, 6) is -0.104. The molecule has 2 atom stereocenters. The Bertz CT molecular complexity index is 384. The van der Waals surface area contributed by atoms with E-state index in [0.29, 0.717) is 6.54 Å². The molecule has 1 unspecified atom stereocenters. The molecule has 0 heterocycles. The monoisotopic (exact) mass is 335 g/mol. The van der Waals surface area contributed by atoms with Gasteiger partial charge in [-0.25, -0.2) is 0 Å². The van der Waals surface area contributed by atoms with Gasteiger partial charge in [-0.3, -0.25) is 9.69 Å². The summed E-state index contributed by atoms with van der Waals surface area (Å²) in [5, 5.41) is 2.92. The van der Waals surface area contributed by atoms with Gasteiger partial charge in [0, 0.05) is 6.54 Å². The first-order valence-electron chi connectivity index (χ1n) is 6.92. The molecule has 0 aliphatic heterocycles. The Kier molecular flexibility index (Phi) is 12.6. The SMILES string of the molecule is CCN(CC)C(CNC(=O)[C@@H](C)N)c1ccccc1.Cl.Cl. The van der Waals surface area contributed by atoms with Crippen LogP contribution in [0.2, 0.25) is 0 Å². The quantitative estimate of drug-likeness (QED) is 0.804. The molecule has 0 saturated carbocycles. The Morgan fingerprint density at radius 3 is 2.14 bits per heavy atom. The molecule has 21 heavy (non-hydrogen) atoms. The highest BCUT2D eigenvalue weighted by Crippen LogP contribution is 2.19. The first-order chi connectivity index (χ1) is 9.10. The van der Waals surface area contributed by atoms with E-state index < -0.39 is 6.04 Å². The van der Waals surface area contributed by atoms with E-state index in [1.165, 1.54) is 5.56 Å². The van der Waals surface area contributed by atoms with E-state index in [1.54, 1.807) is 6.92 Å². The normalized spacial score (nSPS) is 12.8. The lowest BCUT2D eigenvalue weighted by atomic mass is 10.0. The molecule has 4 nitrogen and oxygen atoms in total. The highest BCUT2D eigenvalue weighted by Gasteiger charge is 2.19. The van der Waals surface area contributed by atoms with Gasteiger partial charge < -0.3 is 11.1 Å². The van der Waals surface area contributed by atoms with Crippen molar-refractivity contribution >= 4 is 30.7 Å². The van der Waals surface area contributed by atoms with Gasteiger partial charge in [0.1, 0.15) is 0 Å². The first kappa shape index (κ1) is 22.5. The van der Waals surface area contributed by atoms with Gasteiger partial charge in [-0.2, -0.15) is 0 Å². The summed E-state index contributed by atoms with van der Waals surface area (Å²) in [6, 6.07) is 9.98. The van der Waals surface area contributed by atoms with Crippen LogP contribution in [-0.4, -0.2) is 36.5 Å². The van der Waals surface area contributed by atoms with Crippen LogP contribution in [0.3, 0.4) is 0 Å². The van der Waals surface area contributed by atoms with Crippen LogP contribution in [0.4, 0.5) is 0 Å². The zero-order valence-electron chi connectivity index (χ0n) is 12.9. The van der Waals surface area contributed by atoms with Crippen LogP contribution >= 0.6 is 24.8 Å². The number of carbonyl (C=O) groups is 1. The Balaban J connectivity index is 0. The summed E-state index contributed by atoms with van der Waals surface area (Å²) in [6.07, 6.45) is 0. The van der Waals surface area contributed by atoms with Crippen LogP contribution in [-0.2, 0) is 4.79 Å². The molecule has 0 fully saturated rings. The fraction of sp³-hybridized carbons (Fsp3) is 0.533. The van der Waals surface area contributed by atoms with Crippen LogP contribution < -0.4 is 11.1 Å². The topological polar surface area (TPSA) is 58.4 Å². The fourth-order valence-corrected chi connectivity index (χ4v) is 2.16. The van der Waals surface area contributed by atoms with E-state index >= 15 is 0 Å². The fourth-order valence-electron chi connectivity index (χ4n) is 2.16. The highest BCUT2D eigenvalue weighted by molar-refractivity contribution is 5.85. The molecule has 1 amide bonds. The van der Waals surface area contributed by atoms with Gasteiger partial charge in [0.05, 0.1) is 12.1 Å². The van der Waals surface area contributed by atoms with Crippen molar-refractivity contribution in [2.75, 3.05) is 19.6 Å². The number of nitrogens with one attached hydrogen (secondary N) is 1. The van der Waals surface area contributed by atoms with E-state index in [-0.39, 0.29) is 36.8 Å². The van der Waals surface area contributed by atoms with Gasteiger partial charge in [-0.1, -0.05) is 44.2 Å². The maximum atomic E-state index is 11.6. The number of hydrogen-bond donors (Lipinski definition) is 2. The maximum absolute atomic E-state index is 11.6. The third-order valence-electron chi connectivity index (χ3n) is 3.32. The molecule has 0 bridgehead atoms. The summed E-state index contributed by atoms with van der Waals surface area (Å²) < 4.78 is 0. The van der Waals surface area contributed by atoms with Crippen molar-refractivity contribution in [2.45, 2.75) is 32.9 Å². The smallest absolute Gasteiger partial charge is 0.236 e. The number of halogens is 2. The molecule has 0 aliphatic carbocycles. The standard InChI is InChI=1S/C15H25N3O.2ClH/c1-4-18(5-2)14(11-17-15(19)12(3)16)13-9-7-6-8-10-13;;/h6-10,12,14H,4-5,11,16H2,1-3H3,(H,17,19);2*1H/t12-,14?;;/m1../s1. The van der Waals surface area contributed by atoms with Crippen molar-refractivity contribution in [3.63, 3.8) is 0 Å². The minimum absolute atomic E-state index is 0. The van der Waals surface area contributed by atoms with E-state index in [9.17, 15) is 4.79 Å². The second-order valence-corrected chi connectivity index (χ2v) is 4.68. The number of carbonyl (C=O) groups excluding carboxylic acids is 1. The molecule has 0 aliphatic rings. The largest absolute Gasteiger partial charge is 0.353 e. The van der Waals surface area contributed by atoms with E-state index in [4.69, 9.17) is 5.73 Å². The zero-order chi connectivity index (χ0) is 14.3. The lowest BCUT2D eigenvalue weighted by Gasteiger charge is -2.30. The summed E-state index contributed by atoms with van der Waals surface area (Å²) in [4.78, 5) is 14.0. The second kappa shape index (κ2) is 11.8. The number of hydrogen-bond acceptors (Lipinski definition) is 3. The molecule has 0 radical (unpaired) electrons. The third-order valence-corrected chi connectivity index (χ3v) is 3.32. The van der Waals surface area contributed by atoms with Gasteiger partial charge in [0.25, 0.3) is 0 Å². The van der Waals surface area contributed by atoms with Gasteiger partial charge in [0.2, 0.25) is 5.91 Å². The molecule has 1 aromatic carbocycles. The molecule has 0 spiro atoms. The molecule has 1 aromatic rings. The number of benzene rings is 1. The van der Waals surface area contributed by atoms with E-state index in [0.717, 1.165) is 13.1 Å². The number of likely N-dealkylation sites (N-methyl/N-ethyl adjacent to an activating group) is 1. The maximum Gasteiger partial charge on any atom is 0.236 e. The number of nitrogens with two attached hydrogens (primary N) is 1. The Morgan fingerprint density at radius 1 is 1.19 bits per heavy atom. The van der Waals surface area contributed by atoms with Gasteiger partial charge in [0.15, 0.2) is 0 Å². The molecule has 0 saturated heterocycles. The van der Waals surface area contributed by atoms with Crippen LogP contribution in [0.1, 0.15) is 32.4 Å². The average molecular weight is 336 g/mol. The molecule has 6 heteroatoms. The molecular formula is C15H27Cl2N3O. The highest BCUT2D eigenvalue weighted by atomic mass is 35.5. The first-order valence-corrected chi connectivity index (χ1v) is 6.92. The van der Waals surface area contributed by atoms with E-state index in [2.05, 4.69) is 36.2 Å².